The van der Waals surface area contributed by atoms with Crippen molar-refractivity contribution in [2.45, 2.75) is 95.5 Å². The lowest BCUT2D eigenvalue weighted by Crippen LogP contribution is -2.49. The molecule has 0 aliphatic rings. The zero-order chi connectivity index (χ0) is 18.9. The van der Waals surface area contributed by atoms with E-state index in [-0.39, 0.29) is 6.54 Å². The molecular weight excluding hydrogens is 310 g/mol. The van der Waals surface area contributed by atoms with Gasteiger partial charge < -0.3 is 30.8 Å². The third kappa shape index (κ3) is 12.2. The second kappa shape index (κ2) is 16.2. The van der Waals surface area contributed by atoms with Crippen LogP contribution in [-0.2, 0) is 0 Å². The first-order valence-corrected chi connectivity index (χ1v) is 9.37. The van der Waals surface area contributed by atoms with Gasteiger partial charge in [-0.25, -0.2) is 0 Å². The van der Waals surface area contributed by atoms with E-state index in [1.54, 1.807) is 0 Å². The minimum atomic E-state index is -1.56. The molecule has 0 saturated heterocycles. The summed E-state index contributed by atoms with van der Waals surface area (Å²) in [7, 11) is 0. The molecule has 146 valence electrons. The molecule has 0 bridgehead atoms. The topological polar surface area (TPSA) is 113 Å². The van der Waals surface area contributed by atoms with Gasteiger partial charge in [0, 0.05) is 7.92 Å². The molecule has 0 aromatic heterocycles. The van der Waals surface area contributed by atoms with Crippen molar-refractivity contribution in [2.75, 3.05) is 19.7 Å². The van der Waals surface area contributed by atoms with Crippen LogP contribution in [-0.4, -0.2) is 69.6 Å². The van der Waals surface area contributed by atoms with Gasteiger partial charge >= 0.3 is 0 Å². The van der Waals surface area contributed by atoms with E-state index in [0.717, 1.165) is 25.8 Å². The predicted octanol–water partition coefficient (Wildman–Crippen LogP) is 0.933. The summed E-state index contributed by atoms with van der Waals surface area (Å²) < 4.78 is 7.07. The van der Waals surface area contributed by atoms with Gasteiger partial charge in [0.25, 0.3) is 0 Å². The first-order chi connectivity index (χ1) is 12.0. The van der Waals surface area contributed by atoms with Crippen molar-refractivity contribution in [2.24, 2.45) is 0 Å². The SMILES string of the molecule is [2H]CCCCCCCCCCCCNC[C@H](O)[C@@H](O)[C@H](O)[C@H](O)CO. The maximum atomic E-state index is 9.73. The van der Waals surface area contributed by atoms with Crippen LogP contribution in [0.15, 0.2) is 0 Å². The molecule has 0 radical (unpaired) electrons. The van der Waals surface area contributed by atoms with E-state index in [9.17, 15) is 20.4 Å². The number of rotatable bonds is 17. The van der Waals surface area contributed by atoms with Crippen LogP contribution in [0.1, 0.15) is 72.5 Å². The van der Waals surface area contributed by atoms with Crippen LogP contribution in [0.5, 0.6) is 0 Å². The van der Waals surface area contributed by atoms with Gasteiger partial charge in [-0.2, -0.15) is 0 Å². The highest BCUT2D eigenvalue weighted by atomic mass is 16.4. The lowest BCUT2D eigenvalue weighted by atomic mass is 10.0. The van der Waals surface area contributed by atoms with Crippen molar-refractivity contribution in [1.29, 1.82) is 0 Å². The lowest BCUT2D eigenvalue weighted by Gasteiger charge is -2.25. The summed E-state index contributed by atoms with van der Waals surface area (Å²) >= 11 is 0. The Morgan fingerprint density at radius 2 is 1.25 bits per heavy atom. The molecule has 4 atom stereocenters. The highest BCUT2D eigenvalue weighted by Crippen LogP contribution is 2.10. The third-order valence-electron chi connectivity index (χ3n) is 4.28. The van der Waals surface area contributed by atoms with Crippen molar-refractivity contribution >= 4 is 0 Å². The summed E-state index contributed by atoms with van der Waals surface area (Å²) in [6.07, 6.45) is 6.15. The molecule has 24 heavy (non-hydrogen) atoms. The average molecular weight is 351 g/mol. The molecule has 0 spiro atoms. The van der Waals surface area contributed by atoms with Gasteiger partial charge in [-0.15, -0.1) is 0 Å². The number of hydrogen-bond donors (Lipinski definition) is 6. The molecule has 0 unspecified atom stereocenters. The minimum absolute atomic E-state index is 0.134. The molecule has 0 rings (SSSR count). The summed E-state index contributed by atoms with van der Waals surface area (Å²) in [6, 6.07) is 0. The molecule has 0 fully saturated rings. The van der Waals surface area contributed by atoms with Crippen molar-refractivity contribution < 1.29 is 26.9 Å². The molecule has 0 aliphatic carbocycles. The molecule has 6 nitrogen and oxygen atoms in total. The predicted molar refractivity (Wildman–Crippen MR) is 95.8 cm³/mol. The molecule has 0 amide bonds. The first kappa shape index (κ1) is 21.8. The quantitative estimate of drug-likeness (QED) is 0.218. The van der Waals surface area contributed by atoms with Crippen LogP contribution in [0.25, 0.3) is 0 Å². The van der Waals surface area contributed by atoms with Crippen LogP contribution in [0.2, 0.25) is 0 Å². The van der Waals surface area contributed by atoms with Gasteiger partial charge in [-0.3, -0.25) is 0 Å². The maximum Gasteiger partial charge on any atom is 0.111 e. The maximum absolute atomic E-state index is 9.73. The fraction of sp³-hybridized carbons (Fsp3) is 1.00. The van der Waals surface area contributed by atoms with Gasteiger partial charge in [-0.1, -0.05) is 64.7 Å². The Labute approximate surface area is 148 Å². The molecule has 0 aromatic carbocycles. The smallest absolute Gasteiger partial charge is 0.111 e. The Bertz CT molecular complexity index is 286. The van der Waals surface area contributed by atoms with Crippen LogP contribution < -0.4 is 5.32 Å². The number of unbranched alkanes of at least 4 members (excludes halogenated alkanes) is 9. The third-order valence-corrected chi connectivity index (χ3v) is 4.28. The monoisotopic (exact) mass is 350 g/mol. The van der Waals surface area contributed by atoms with E-state index in [1.165, 1.54) is 44.9 Å². The van der Waals surface area contributed by atoms with Crippen molar-refractivity contribution in [3.8, 4) is 0 Å². The highest BCUT2D eigenvalue weighted by molar-refractivity contribution is 4.81. The summed E-state index contributed by atoms with van der Waals surface area (Å²) in [5.74, 6) is 0. The Balaban J connectivity index is 3.40. The van der Waals surface area contributed by atoms with E-state index in [0.29, 0.717) is 6.90 Å². The number of aliphatic hydroxyl groups excluding tert-OH is 5. The summed E-state index contributed by atoms with van der Waals surface area (Å²) in [4.78, 5) is 0. The van der Waals surface area contributed by atoms with E-state index < -0.39 is 31.0 Å². The molecular formula is C18H39NO5. The Kier molecular flexibility index (Phi) is 14.8. The number of hydrogen-bond acceptors (Lipinski definition) is 6. The van der Waals surface area contributed by atoms with E-state index >= 15 is 0 Å². The fourth-order valence-electron chi connectivity index (χ4n) is 2.60. The summed E-state index contributed by atoms with van der Waals surface area (Å²) in [6.45, 7) is 0.753. The van der Waals surface area contributed by atoms with Crippen molar-refractivity contribution in [3.05, 3.63) is 0 Å². The van der Waals surface area contributed by atoms with E-state index in [1.807, 2.05) is 0 Å². The zero-order valence-electron chi connectivity index (χ0n) is 15.9. The van der Waals surface area contributed by atoms with E-state index in [2.05, 4.69) is 5.32 Å². The fourth-order valence-corrected chi connectivity index (χ4v) is 2.60. The largest absolute Gasteiger partial charge is 0.394 e. The van der Waals surface area contributed by atoms with Gasteiger partial charge in [0.1, 0.15) is 18.3 Å². The van der Waals surface area contributed by atoms with Crippen LogP contribution >= 0.6 is 0 Å². The summed E-state index contributed by atoms with van der Waals surface area (Å²) in [5.41, 5.74) is 0. The lowest BCUT2D eigenvalue weighted by molar-refractivity contribution is -0.113. The molecule has 0 aliphatic heterocycles. The Morgan fingerprint density at radius 1 is 0.750 bits per heavy atom. The van der Waals surface area contributed by atoms with Crippen LogP contribution in [0.4, 0.5) is 0 Å². The number of nitrogens with one attached hydrogen (secondary N) is 1. The second-order valence-corrected chi connectivity index (χ2v) is 6.54. The Hall–Kier alpha value is -0.240. The number of aliphatic hydroxyl groups is 5. The normalized spacial score (nSPS) is 17.3. The zero-order valence-corrected chi connectivity index (χ0v) is 14.9. The Morgan fingerprint density at radius 3 is 1.79 bits per heavy atom. The van der Waals surface area contributed by atoms with E-state index in [4.69, 9.17) is 6.48 Å². The molecule has 0 heterocycles. The van der Waals surface area contributed by atoms with Crippen LogP contribution in [0, 0.1) is 0 Å². The van der Waals surface area contributed by atoms with Gasteiger partial charge in [-0.05, 0) is 13.0 Å². The molecule has 0 aromatic rings. The van der Waals surface area contributed by atoms with Gasteiger partial charge in [0.2, 0.25) is 0 Å². The molecule has 6 heteroatoms. The van der Waals surface area contributed by atoms with Gasteiger partial charge in [0.05, 0.1) is 12.7 Å². The average Bonchev–Trinajstić information content (AvgIpc) is 2.63. The van der Waals surface area contributed by atoms with Crippen molar-refractivity contribution in [1.82, 2.24) is 5.32 Å². The molecule has 0 saturated carbocycles. The summed E-state index contributed by atoms with van der Waals surface area (Å²) in [5, 5.41) is 49.9. The molecule has 6 N–H and O–H groups in total. The minimum Gasteiger partial charge on any atom is -0.394 e. The van der Waals surface area contributed by atoms with Crippen LogP contribution in [0.3, 0.4) is 0 Å². The second-order valence-electron chi connectivity index (χ2n) is 6.54. The highest BCUT2D eigenvalue weighted by Gasteiger charge is 2.29. The first-order valence-electron chi connectivity index (χ1n) is 10.1. The standard InChI is InChI=1S/C18H39NO5/c1-2-3-4-5-6-7-8-9-10-11-12-19-13-15(21)17(23)18(24)16(22)14-20/h15-24H,2-14H2,1H3/t15-,16+,17+,18+/m0/s1/i1D. The van der Waals surface area contributed by atoms with Crippen molar-refractivity contribution in [3.63, 3.8) is 0 Å². The van der Waals surface area contributed by atoms with Gasteiger partial charge in [0.15, 0.2) is 0 Å².